The Morgan fingerprint density at radius 2 is 1.71 bits per heavy atom. The van der Waals surface area contributed by atoms with Crippen LogP contribution in [0.1, 0.15) is 6.92 Å². The van der Waals surface area contributed by atoms with Crippen molar-refractivity contribution < 1.29 is 71.6 Å². The van der Waals surface area contributed by atoms with E-state index in [1.807, 2.05) is 0 Å². The Morgan fingerprint density at radius 3 is 2.26 bits per heavy atom. The number of aliphatic hydroxyl groups excluding tert-OH is 5. The van der Waals surface area contributed by atoms with Gasteiger partial charge < -0.3 is 50.2 Å². The number of carboxylic acid groups (broad SMARTS) is 1. The average molecular weight is 478 g/mol. The number of ether oxygens (including phenoxy) is 3. The number of aliphatic carboxylic acids is 1. The van der Waals surface area contributed by atoms with E-state index in [0.717, 1.165) is 6.92 Å². The van der Waals surface area contributed by atoms with Crippen molar-refractivity contribution in [3.8, 4) is 0 Å². The van der Waals surface area contributed by atoms with E-state index in [4.69, 9.17) is 20.7 Å². The Kier molecular flexibility index (Phi) is 7.76. The smallest absolute Gasteiger partial charge is 0.397 e. The fourth-order valence-corrected chi connectivity index (χ4v) is 3.39. The molecule has 1 amide bonds. The quantitative estimate of drug-likeness (QED) is 0.151. The molecule has 2 aliphatic rings. The van der Waals surface area contributed by atoms with Crippen molar-refractivity contribution in [3.63, 3.8) is 0 Å². The van der Waals surface area contributed by atoms with Gasteiger partial charge in [0.05, 0.1) is 6.61 Å². The summed E-state index contributed by atoms with van der Waals surface area (Å²) in [6, 6.07) is -1.55. The highest BCUT2D eigenvalue weighted by atomic mass is 32.3. The maximum atomic E-state index is 11.5. The van der Waals surface area contributed by atoms with Gasteiger partial charge in [0, 0.05) is 6.92 Å². The number of carbonyl (C=O) groups is 2. The van der Waals surface area contributed by atoms with Crippen molar-refractivity contribution in [1.29, 1.82) is 1.43 Å². The molecule has 0 aromatic heterocycles. The van der Waals surface area contributed by atoms with Gasteiger partial charge in [0.25, 0.3) is 0 Å². The molecule has 180 valence electrons. The summed E-state index contributed by atoms with van der Waals surface area (Å²) in [5.74, 6) is -2.45. The molecule has 31 heavy (non-hydrogen) atoms. The first-order valence-corrected chi connectivity index (χ1v) is 10.0. The monoisotopic (exact) mass is 478 g/mol. The lowest BCUT2D eigenvalue weighted by Gasteiger charge is -2.46. The van der Waals surface area contributed by atoms with Crippen LogP contribution in [0.3, 0.4) is 0 Å². The molecule has 2 rings (SSSR count). The molecular formula is C14H23NO15S. The third-order valence-electron chi connectivity index (χ3n) is 4.54. The van der Waals surface area contributed by atoms with Gasteiger partial charge in [-0.3, -0.25) is 9.35 Å². The van der Waals surface area contributed by atoms with Gasteiger partial charge in [-0.25, -0.2) is 8.98 Å². The lowest BCUT2D eigenvalue weighted by Crippen LogP contribution is -2.68. The van der Waals surface area contributed by atoms with Gasteiger partial charge in [-0.1, -0.05) is 0 Å². The molecule has 2 saturated heterocycles. The number of nitrogens with one attached hydrogen (secondary N) is 1. The Bertz CT molecular complexity index is 782. The SMILES string of the molecule is [2H]OS(=O)(=O)OC[C@H]1OC(O)[C@H](NC(C)=O)[C@@H](O[C@@H]2O[C@H](C(=O)O)[C@@H](O)[C@H](O)[C@H]2O)[C@@H]1O. The second-order valence-corrected chi connectivity index (χ2v) is 7.86. The lowest BCUT2D eigenvalue weighted by atomic mass is 9.95. The number of carbonyl (C=O) groups excluding carboxylic acids is 1. The highest BCUT2D eigenvalue weighted by Crippen LogP contribution is 2.29. The molecule has 2 fully saturated rings. The normalized spacial score (nSPS) is 41.9. The minimum absolute atomic E-state index is 0.734. The lowest BCUT2D eigenvalue weighted by molar-refractivity contribution is -0.336. The average Bonchev–Trinajstić information content (AvgIpc) is 2.71. The molecule has 8 N–H and O–H groups in total. The van der Waals surface area contributed by atoms with E-state index in [1.54, 1.807) is 0 Å². The number of aliphatic hydroxyl groups is 5. The first-order chi connectivity index (χ1) is 14.8. The second kappa shape index (κ2) is 9.96. The molecule has 10 atom stereocenters. The third kappa shape index (κ3) is 6.26. The van der Waals surface area contributed by atoms with E-state index in [0.29, 0.717) is 0 Å². The molecule has 0 aromatic rings. The fourth-order valence-electron chi connectivity index (χ4n) is 3.09. The topological polar surface area (TPSA) is 259 Å². The van der Waals surface area contributed by atoms with Gasteiger partial charge in [0.1, 0.15) is 42.7 Å². The van der Waals surface area contributed by atoms with Gasteiger partial charge >= 0.3 is 16.4 Å². The standard InChI is InChI=1S/C14H23NO15S/c1-3(16)15-5-10(6(17)4(28-13(5)23)2-27-31(24,25)26)29-14-9(20)7(18)8(19)11(30-14)12(21)22/h4-11,13-14,17-20,23H,2H2,1H3,(H,15,16)(H,21,22)(H,24,25,26)/t4-,5-,6-,7+,8+,9-,10-,11+,13?,14-/m1/s1/i/hD. The number of hydrogen-bond donors (Lipinski definition) is 8. The molecule has 17 heteroatoms. The molecule has 0 aromatic carbocycles. The summed E-state index contributed by atoms with van der Waals surface area (Å²) < 4.78 is 51.6. The van der Waals surface area contributed by atoms with Crippen LogP contribution in [-0.2, 0) is 38.4 Å². The second-order valence-electron chi connectivity index (χ2n) is 6.81. The van der Waals surface area contributed by atoms with E-state index in [2.05, 4.69) is 14.1 Å². The van der Waals surface area contributed by atoms with Crippen LogP contribution in [0.2, 0.25) is 0 Å². The minimum Gasteiger partial charge on any atom is -0.479 e. The summed E-state index contributed by atoms with van der Waals surface area (Å²) in [5, 5.41) is 61.8. The van der Waals surface area contributed by atoms with Crippen LogP contribution in [0, 0.1) is 0 Å². The number of rotatable bonds is 8. The molecule has 1 unspecified atom stereocenters. The third-order valence-corrected chi connectivity index (χ3v) is 4.97. The zero-order valence-electron chi connectivity index (χ0n) is 16.7. The van der Waals surface area contributed by atoms with Gasteiger partial charge in [-0.15, -0.1) is 0 Å². The van der Waals surface area contributed by atoms with Crippen molar-refractivity contribution in [2.75, 3.05) is 6.61 Å². The van der Waals surface area contributed by atoms with Crippen molar-refractivity contribution >= 4 is 22.3 Å². The summed E-state index contributed by atoms with van der Waals surface area (Å²) in [4.78, 5) is 22.7. The maximum Gasteiger partial charge on any atom is 0.397 e. The minimum atomic E-state index is -4.78. The zero-order chi connectivity index (χ0) is 24.4. The highest BCUT2D eigenvalue weighted by Gasteiger charge is 2.52. The summed E-state index contributed by atoms with van der Waals surface area (Å²) in [6.07, 6.45) is -17.4. The largest absolute Gasteiger partial charge is 0.479 e. The van der Waals surface area contributed by atoms with Gasteiger partial charge in [0.2, 0.25) is 7.34 Å². The predicted octanol–water partition coefficient (Wildman–Crippen LogP) is -5.33. The number of amides is 1. The van der Waals surface area contributed by atoms with Crippen LogP contribution < -0.4 is 5.32 Å². The molecule has 0 radical (unpaired) electrons. The van der Waals surface area contributed by atoms with Crippen LogP contribution in [0.25, 0.3) is 1.43 Å². The van der Waals surface area contributed by atoms with Crippen LogP contribution in [0.15, 0.2) is 0 Å². The molecule has 2 heterocycles. The first-order valence-electron chi connectivity index (χ1n) is 9.10. The van der Waals surface area contributed by atoms with Crippen LogP contribution >= 0.6 is 0 Å². The van der Waals surface area contributed by atoms with E-state index >= 15 is 0 Å². The summed E-state index contributed by atoms with van der Waals surface area (Å²) in [5.41, 5.74) is 0. The highest BCUT2D eigenvalue weighted by molar-refractivity contribution is 7.80. The summed E-state index contributed by atoms with van der Waals surface area (Å²) in [6.45, 7) is 0.0509. The molecule has 0 bridgehead atoms. The molecule has 0 aliphatic carbocycles. The van der Waals surface area contributed by atoms with Crippen molar-refractivity contribution in [3.05, 3.63) is 0 Å². The van der Waals surface area contributed by atoms with Gasteiger partial charge in [-0.2, -0.15) is 8.42 Å². The Balaban J connectivity index is 2.27. The van der Waals surface area contributed by atoms with E-state index in [-0.39, 0.29) is 0 Å². The molecule has 2 aliphatic heterocycles. The molecular weight excluding hydrogens is 454 g/mol. The van der Waals surface area contributed by atoms with Crippen LogP contribution in [-0.4, -0.2) is 123 Å². The molecule has 16 nitrogen and oxygen atoms in total. The van der Waals surface area contributed by atoms with Gasteiger partial charge in [0.15, 0.2) is 18.7 Å². The predicted molar refractivity (Wildman–Crippen MR) is 91.2 cm³/mol. The first kappa shape index (κ1) is 24.1. The van der Waals surface area contributed by atoms with E-state index < -0.39 is 90.2 Å². The van der Waals surface area contributed by atoms with Crippen LogP contribution in [0.4, 0.5) is 0 Å². The van der Waals surface area contributed by atoms with Crippen molar-refractivity contribution in [1.82, 2.24) is 5.32 Å². The zero-order valence-corrected chi connectivity index (χ0v) is 16.6. The summed E-state index contributed by atoms with van der Waals surface area (Å²) in [7, 11) is -4.78. The Hall–Kier alpha value is -1.51. The van der Waals surface area contributed by atoms with E-state index in [9.17, 15) is 43.5 Å². The van der Waals surface area contributed by atoms with Crippen molar-refractivity contribution in [2.45, 2.75) is 68.3 Å². The number of carboxylic acids is 1. The molecule has 0 saturated carbocycles. The molecule has 0 spiro atoms. The Morgan fingerprint density at radius 1 is 1.06 bits per heavy atom. The number of hydrogen-bond acceptors (Lipinski definition) is 14. The summed E-state index contributed by atoms with van der Waals surface area (Å²) >= 11 is 0. The van der Waals surface area contributed by atoms with Crippen LogP contribution in [0.5, 0.6) is 0 Å². The van der Waals surface area contributed by atoms with E-state index in [1.165, 1.54) is 0 Å². The van der Waals surface area contributed by atoms with Gasteiger partial charge in [-0.05, 0) is 0 Å². The van der Waals surface area contributed by atoms with Crippen molar-refractivity contribution in [2.24, 2.45) is 0 Å². The fraction of sp³-hybridized carbons (Fsp3) is 0.857. The Labute approximate surface area is 176 Å². The maximum absolute atomic E-state index is 11.5.